The SMILES string of the molecule is CCCNCc1cnccc1N(C)CC. The summed E-state index contributed by atoms with van der Waals surface area (Å²) in [5, 5.41) is 3.40. The Hall–Kier alpha value is -1.09. The molecule has 1 aromatic rings. The van der Waals surface area contributed by atoms with E-state index < -0.39 is 0 Å². The largest absolute Gasteiger partial charge is 0.375 e. The van der Waals surface area contributed by atoms with Crippen molar-refractivity contribution in [3.05, 3.63) is 24.0 Å². The molecule has 0 aromatic carbocycles. The lowest BCUT2D eigenvalue weighted by Crippen LogP contribution is -2.21. The van der Waals surface area contributed by atoms with Crippen LogP contribution >= 0.6 is 0 Å². The summed E-state index contributed by atoms with van der Waals surface area (Å²) in [7, 11) is 2.11. The van der Waals surface area contributed by atoms with Crippen molar-refractivity contribution >= 4 is 5.69 Å². The molecule has 1 heterocycles. The minimum atomic E-state index is 0.904. The molecule has 1 N–H and O–H groups in total. The molecule has 0 aliphatic carbocycles. The van der Waals surface area contributed by atoms with E-state index in [1.807, 2.05) is 12.4 Å². The molecule has 0 bridgehead atoms. The van der Waals surface area contributed by atoms with Gasteiger partial charge in [-0.25, -0.2) is 0 Å². The number of aromatic nitrogens is 1. The van der Waals surface area contributed by atoms with Crippen LogP contribution < -0.4 is 10.2 Å². The van der Waals surface area contributed by atoms with Crippen LogP contribution in [-0.4, -0.2) is 25.1 Å². The maximum Gasteiger partial charge on any atom is 0.0440 e. The van der Waals surface area contributed by atoms with Crippen LogP contribution in [0, 0.1) is 0 Å². The molecule has 0 saturated heterocycles. The average Bonchev–Trinajstić information content (AvgIpc) is 2.29. The predicted molar refractivity (Wildman–Crippen MR) is 65.2 cm³/mol. The third-order valence-electron chi connectivity index (χ3n) is 2.51. The molecule has 0 atom stereocenters. The van der Waals surface area contributed by atoms with Crippen molar-refractivity contribution in [2.24, 2.45) is 0 Å². The molecule has 1 rings (SSSR count). The van der Waals surface area contributed by atoms with E-state index in [9.17, 15) is 0 Å². The first-order valence-corrected chi connectivity index (χ1v) is 5.64. The van der Waals surface area contributed by atoms with Gasteiger partial charge >= 0.3 is 0 Å². The fourth-order valence-electron chi connectivity index (χ4n) is 1.50. The lowest BCUT2D eigenvalue weighted by atomic mass is 10.2. The standard InChI is InChI=1S/C12H21N3/c1-4-7-13-9-11-10-14-8-6-12(11)15(3)5-2/h6,8,10,13H,4-5,7,9H2,1-3H3. The molecule has 3 nitrogen and oxygen atoms in total. The molecule has 0 radical (unpaired) electrons. The first kappa shape index (κ1) is 12.0. The van der Waals surface area contributed by atoms with Gasteiger partial charge in [0.1, 0.15) is 0 Å². The molecule has 15 heavy (non-hydrogen) atoms. The lowest BCUT2D eigenvalue weighted by Gasteiger charge is -2.20. The molecule has 0 spiro atoms. The molecule has 1 aromatic heterocycles. The zero-order chi connectivity index (χ0) is 11.1. The first-order valence-electron chi connectivity index (χ1n) is 5.64. The van der Waals surface area contributed by atoms with Crippen LogP contribution in [0.1, 0.15) is 25.8 Å². The van der Waals surface area contributed by atoms with Crippen molar-refractivity contribution < 1.29 is 0 Å². The highest BCUT2D eigenvalue weighted by molar-refractivity contribution is 5.51. The second kappa shape index (κ2) is 6.40. The summed E-state index contributed by atoms with van der Waals surface area (Å²) in [6, 6.07) is 2.08. The molecule has 0 unspecified atom stereocenters. The van der Waals surface area contributed by atoms with Crippen molar-refractivity contribution in [3.8, 4) is 0 Å². The third-order valence-corrected chi connectivity index (χ3v) is 2.51. The quantitative estimate of drug-likeness (QED) is 0.724. The van der Waals surface area contributed by atoms with Crippen molar-refractivity contribution in [1.29, 1.82) is 0 Å². The minimum Gasteiger partial charge on any atom is -0.375 e. The summed E-state index contributed by atoms with van der Waals surface area (Å²) in [6.07, 6.45) is 4.97. The van der Waals surface area contributed by atoms with Crippen LogP contribution in [0.5, 0.6) is 0 Å². The van der Waals surface area contributed by atoms with E-state index in [1.54, 1.807) is 0 Å². The maximum absolute atomic E-state index is 4.17. The van der Waals surface area contributed by atoms with E-state index in [2.05, 4.69) is 42.2 Å². The predicted octanol–water partition coefficient (Wildman–Crippen LogP) is 2.04. The summed E-state index contributed by atoms with van der Waals surface area (Å²) < 4.78 is 0. The van der Waals surface area contributed by atoms with Crippen molar-refractivity contribution in [3.63, 3.8) is 0 Å². The monoisotopic (exact) mass is 207 g/mol. The Bertz CT molecular complexity index is 286. The first-order chi connectivity index (χ1) is 7.29. The summed E-state index contributed by atoms with van der Waals surface area (Å²) in [4.78, 5) is 6.41. The lowest BCUT2D eigenvalue weighted by molar-refractivity contribution is 0.672. The highest BCUT2D eigenvalue weighted by atomic mass is 15.1. The van der Waals surface area contributed by atoms with E-state index in [-0.39, 0.29) is 0 Å². The van der Waals surface area contributed by atoms with Crippen molar-refractivity contribution in [2.45, 2.75) is 26.8 Å². The number of nitrogens with zero attached hydrogens (tertiary/aromatic N) is 2. The molecule has 0 fully saturated rings. The highest BCUT2D eigenvalue weighted by Crippen LogP contribution is 2.17. The van der Waals surface area contributed by atoms with E-state index in [0.29, 0.717) is 0 Å². The van der Waals surface area contributed by atoms with Crippen LogP contribution in [0.25, 0.3) is 0 Å². The molecular formula is C12H21N3. The second-order valence-electron chi connectivity index (χ2n) is 3.70. The number of nitrogens with one attached hydrogen (secondary N) is 1. The zero-order valence-corrected chi connectivity index (χ0v) is 9.95. The van der Waals surface area contributed by atoms with Crippen LogP contribution in [0.2, 0.25) is 0 Å². The number of anilines is 1. The van der Waals surface area contributed by atoms with Crippen LogP contribution in [0.3, 0.4) is 0 Å². The molecule has 0 amide bonds. The van der Waals surface area contributed by atoms with Gasteiger partial charge in [-0.15, -0.1) is 0 Å². The van der Waals surface area contributed by atoms with Gasteiger partial charge in [-0.05, 0) is 26.0 Å². The maximum atomic E-state index is 4.17. The summed E-state index contributed by atoms with van der Waals surface area (Å²) in [5.74, 6) is 0. The van der Waals surface area contributed by atoms with Gasteiger partial charge in [-0.1, -0.05) is 6.92 Å². The molecule has 84 valence electrons. The number of hydrogen-bond donors (Lipinski definition) is 1. The summed E-state index contributed by atoms with van der Waals surface area (Å²) in [5.41, 5.74) is 2.55. The van der Waals surface area contributed by atoms with Gasteiger partial charge in [-0.2, -0.15) is 0 Å². The Balaban J connectivity index is 2.68. The molecule has 0 aliphatic rings. The number of pyridine rings is 1. The second-order valence-corrected chi connectivity index (χ2v) is 3.70. The van der Waals surface area contributed by atoms with Crippen molar-refractivity contribution in [2.75, 3.05) is 25.0 Å². The average molecular weight is 207 g/mol. The zero-order valence-electron chi connectivity index (χ0n) is 9.95. The summed E-state index contributed by atoms with van der Waals surface area (Å²) >= 11 is 0. The Morgan fingerprint density at radius 1 is 1.40 bits per heavy atom. The van der Waals surface area contributed by atoms with Gasteiger partial charge in [-0.3, -0.25) is 4.98 Å². The van der Waals surface area contributed by atoms with E-state index in [1.165, 1.54) is 17.7 Å². The molecule has 0 saturated carbocycles. The smallest absolute Gasteiger partial charge is 0.0440 e. The van der Waals surface area contributed by atoms with E-state index in [4.69, 9.17) is 0 Å². The van der Waals surface area contributed by atoms with Crippen molar-refractivity contribution in [1.82, 2.24) is 10.3 Å². The Morgan fingerprint density at radius 2 is 2.20 bits per heavy atom. The van der Waals surface area contributed by atoms with Gasteiger partial charge in [0, 0.05) is 43.8 Å². The van der Waals surface area contributed by atoms with Gasteiger partial charge in [0.15, 0.2) is 0 Å². The summed E-state index contributed by atoms with van der Waals surface area (Å²) in [6.45, 7) is 7.31. The Morgan fingerprint density at radius 3 is 2.87 bits per heavy atom. The molecular weight excluding hydrogens is 186 g/mol. The third kappa shape index (κ3) is 3.51. The molecule has 3 heteroatoms. The van der Waals surface area contributed by atoms with Crippen LogP contribution in [-0.2, 0) is 6.54 Å². The topological polar surface area (TPSA) is 28.2 Å². The van der Waals surface area contributed by atoms with Crippen LogP contribution in [0.15, 0.2) is 18.5 Å². The minimum absolute atomic E-state index is 0.904. The van der Waals surface area contributed by atoms with Gasteiger partial charge in [0.25, 0.3) is 0 Å². The Kier molecular flexibility index (Phi) is 5.12. The normalized spacial score (nSPS) is 10.3. The van der Waals surface area contributed by atoms with E-state index in [0.717, 1.165) is 19.6 Å². The highest BCUT2D eigenvalue weighted by Gasteiger charge is 2.04. The number of hydrogen-bond acceptors (Lipinski definition) is 3. The van der Waals surface area contributed by atoms with E-state index >= 15 is 0 Å². The van der Waals surface area contributed by atoms with Gasteiger partial charge < -0.3 is 10.2 Å². The van der Waals surface area contributed by atoms with Crippen LogP contribution in [0.4, 0.5) is 5.69 Å². The fraction of sp³-hybridized carbons (Fsp3) is 0.583. The fourth-order valence-corrected chi connectivity index (χ4v) is 1.50. The molecule has 0 aliphatic heterocycles. The Labute approximate surface area is 92.5 Å². The van der Waals surface area contributed by atoms with Gasteiger partial charge in [0.2, 0.25) is 0 Å². The van der Waals surface area contributed by atoms with Gasteiger partial charge in [0.05, 0.1) is 0 Å². The number of rotatable bonds is 6.